The lowest BCUT2D eigenvalue weighted by molar-refractivity contribution is -0.145. The third-order valence-corrected chi connectivity index (χ3v) is 5.39. The minimum atomic E-state index is -0.658. The molecule has 0 bridgehead atoms. The summed E-state index contributed by atoms with van der Waals surface area (Å²) in [5.74, 6) is 5.99. The van der Waals surface area contributed by atoms with Crippen molar-refractivity contribution in [3.8, 4) is 23.0 Å². The van der Waals surface area contributed by atoms with Gasteiger partial charge in [0, 0.05) is 18.5 Å². The van der Waals surface area contributed by atoms with Gasteiger partial charge in [0.05, 0.1) is 5.92 Å². The Bertz CT molecular complexity index is 819. The molecule has 1 aliphatic rings. The second kappa shape index (κ2) is 9.39. The number of unbranched alkanes of at least 4 members (excludes halogenated alkanes) is 1. The average molecular weight is 361 g/mol. The van der Waals surface area contributed by atoms with Gasteiger partial charge in [0.25, 0.3) is 0 Å². The van der Waals surface area contributed by atoms with E-state index in [1.54, 1.807) is 0 Å². The highest BCUT2D eigenvalue weighted by molar-refractivity contribution is 5.71. The van der Waals surface area contributed by atoms with Gasteiger partial charge in [-0.05, 0) is 56.0 Å². The van der Waals surface area contributed by atoms with Gasteiger partial charge in [-0.1, -0.05) is 60.4 Å². The molecule has 27 heavy (non-hydrogen) atoms. The monoisotopic (exact) mass is 361 g/mol. The Hall–Kier alpha value is -2.57. The van der Waals surface area contributed by atoms with Gasteiger partial charge in [0.15, 0.2) is 0 Å². The van der Waals surface area contributed by atoms with E-state index in [9.17, 15) is 9.90 Å². The molecule has 2 aromatic carbocycles. The smallest absolute Gasteiger partial charge is 0.308 e. The summed E-state index contributed by atoms with van der Waals surface area (Å²) in [4.78, 5) is 13.6. The van der Waals surface area contributed by atoms with Gasteiger partial charge < -0.3 is 10.0 Å². The third-order valence-electron chi connectivity index (χ3n) is 5.39. The maximum Gasteiger partial charge on any atom is 0.308 e. The van der Waals surface area contributed by atoms with E-state index in [4.69, 9.17) is 0 Å². The summed E-state index contributed by atoms with van der Waals surface area (Å²) in [6.45, 7) is 1.65. The van der Waals surface area contributed by atoms with Crippen LogP contribution in [-0.4, -0.2) is 36.1 Å². The van der Waals surface area contributed by atoms with Gasteiger partial charge in [-0.15, -0.1) is 0 Å². The Balaban J connectivity index is 1.58. The van der Waals surface area contributed by atoms with Crippen molar-refractivity contribution in [2.75, 3.05) is 20.1 Å². The van der Waals surface area contributed by atoms with Crippen LogP contribution in [0.4, 0.5) is 0 Å². The number of hydrogen-bond acceptors (Lipinski definition) is 2. The lowest BCUT2D eigenvalue weighted by atomic mass is 9.82. The van der Waals surface area contributed by atoms with E-state index in [2.05, 4.69) is 41.0 Å². The van der Waals surface area contributed by atoms with Crippen LogP contribution in [0.5, 0.6) is 0 Å². The van der Waals surface area contributed by atoms with Crippen molar-refractivity contribution in [3.63, 3.8) is 0 Å². The largest absolute Gasteiger partial charge is 0.481 e. The average Bonchev–Trinajstić information content (AvgIpc) is 2.69. The fraction of sp³-hybridized carbons (Fsp3) is 0.375. The molecule has 2 atom stereocenters. The predicted molar refractivity (Wildman–Crippen MR) is 109 cm³/mol. The van der Waals surface area contributed by atoms with Crippen LogP contribution >= 0.6 is 0 Å². The Morgan fingerprint density at radius 1 is 1.15 bits per heavy atom. The molecule has 1 heterocycles. The van der Waals surface area contributed by atoms with Crippen molar-refractivity contribution in [2.24, 2.45) is 11.8 Å². The zero-order valence-electron chi connectivity index (χ0n) is 15.9. The molecule has 140 valence electrons. The minimum Gasteiger partial charge on any atom is -0.481 e. The molecule has 3 heteroatoms. The standard InChI is InChI=1S/C24H27NO2/c1-25-17-16-21(23(18-25)24(26)27)13-7-3-6-12-20-14-8-9-15-22(20)19-10-4-2-5-11-19/h2,4-5,8-11,14-15,21,23H,3,7,13,16-18H2,1H3,(H,26,27)/t21-,23-/m0/s1. The molecule has 3 nitrogen and oxygen atoms in total. The van der Waals surface area contributed by atoms with Crippen LogP contribution in [0.15, 0.2) is 54.6 Å². The summed E-state index contributed by atoms with van der Waals surface area (Å²) in [6.07, 6.45) is 3.68. The highest BCUT2D eigenvalue weighted by Crippen LogP contribution is 2.28. The number of hydrogen-bond donors (Lipinski definition) is 1. The molecule has 3 rings (SSSR count). The van der Waals surface area contributed by atoms with Gasteiger partial charge >= 0.3 is 5.97 Å². The van der Waals surface area contributed by atoms with E-state index in [-0.39, 0.29) is 11.8 Å². The molecule has 1 saturated heterocycles. The number of carbonyl (C=O) groups is 1. The van der Waals surface area contributed by atoms with E-state index in [0.29, 0.717) is 6.54 Å². The van der Waals surface area contributed by atoms with Crippen molar-refractivity contribution in [1.82, 2.24) is 4.90 Å². The minimum absolute atomic E-state index is 0.240. The Morgan fingerprint density at radius 3 is 2.67 bits per heavy atom. The van der Waals surface area contributed by atoms with Crippen LogP contribution in [0, 0.1) is 23.7 Å². The molecule has 1 N–H and O–H groups in total. The fourth-order valence-electron chi connectivity index (χ4n) is 3.86. The molecular weight excluding hydrogens is 334 g/mol. The fourth-order valence-corrected chi connectivity index (χ4v) is 3.86. The number of carboxylic acid groups (broad SMARTS) is 1. The second-order valence-corrected chi connectivity index (χ2v) is 7.36. The van der Waals surface area contributed by atoms with E-state index < -0.39 is 5.97 Å². The first kappa shape index (κ1) is 19.2. The third kappa shape index (κ3) is 5.21. The first-order valence-corrected chi connectivity index (χ1v) is 9.70. The van der Waals surface area contributed by atoms with Crippen LogP contribution in [0.1, 0.15) is 31.2 Å². The summed E-state index contributed by atoms with van der Waals surface area (Å²) in [6, 6.07) is 18.5. The quantitative estimate of drug-likeness (QED) is 0.628. The maximum atomic E-state index is 11.5. The molecule has 0 saturated carbocycles. The first-order valence-electron chi connectivity index (χ1n) is 9.70. The number of carboxylic acids is 1. The van der Waals surface area contributed by atoms with Crippen molar-refractivity contribution >= 4 is 5.97 Å². The maximum absolute atomic E-state index is 11.5. The summed E-state index contributed by atoms with van der Waals surface area (Å²) in [5.41, 5.74) is 3.39. The van der Waals surface area contributed by atoms with Crippen molar-refractivity contribution in [1.29, 1.82) is 0 Å². The molecule has 0 aromatic heterocycles. The number of benzene rings is 2. The highest BCUT2D eigenvalue weighted by atomic mass is 16.4. The van der Waals surface area contributed by atoms with Gasteiger partial charge in [0.1, 0.15) is 0 Å². The lowest BCUT2D eigenvalue weighted by Crippen LogP contribution is -2.41. The molecular formula is C24H27NO2. The molecule has 0 radical (unpaired) electrons. The van der Waals surface area contributed by atoms with E-state index >= 15 is 0 Å². The summed E-state index contributed by atoms with van der Waals surface area (Å²) < 4.78 is 0. The molecule has 0 aliphatic carbocycles. The molecule has 1 fully saturated rings. The Kier molecular flexibility index (Phi) is 6.68. The van der Waals surface area contributed by atoms with Crippen LogP contribution in [0.2, 0.25) is 0 Å². The molecule has 0 spiro atoms. The van der Waals surface area contributed by atoms with E-state index in [1.807, 2.05) is 37.4 Å². The first-order chi connectivity index (χ1) is 13.1. The Morgan fingerprint density at radius 2 is 1.89 bits per heavy atom. The predicted octanol–water partition coefficient (Wildman–Crippen LogP) is 4.53. The second-order valence-electron chi connectivity index (χ2n) is 7.36. The van der Waals surface area contributed by atoms with Crippen LogP contribution < -0.4 is 0 Å². The number of likely N-dealkylation sites (tertiary alicyclic amines) is 1. The molecule has 0 amide bonds. The highest BCUT2D eigenvalue weighted by Gasteiger charge is 2.32. The summed E-state index contributed by atoms with van der Waals surface area (Å²) in [5, 5.41) is 9.46. The zero-order valence-corrected chi connectivity index (χ0v) is 15.9. The number of nitrogens with zero attached hydrogens (tertiary/aromatic N) is 1. The van der Waals surface area contributed by atoms with E-state index in [0.717, 1.165) is 43.4 Å². The van der Waals surface area contributed by atoms with Gasteiger partial charge in [-0.2, -0.15) is 0 Å². The topological polar surface area (TPSA) is 40.5 Å². The van der Waals surface area contributed by atoms with Gasteiger partial charge in [-0.25, -0.2) is 0 Å². The van der Waals surface area contributed by atoms with Crippen molar-refractivity contribution in [2.45, 2.75) is 25.7 Å². The summed E-state index contributed by atoms with van der Waals surface area (Å²) >= 11 is 0. The van der Waals surface area contributed by atoms with Crippen molar-refractivity contribution < 1.29 is 9.90 Å². The number of rotatable bonds is 5. The molecule has 0 unspecified atom stereocenters. The van der Waals surface area contributed by atoms with Crippen LogP contribution in [-0.2, 0) is 4.79 Å². The van der Waals surface area contributed by atoms with Crippen molar-refractivity contribution in [3.05, 3.63) is 60.2 Å². The van der Waals surface area contributed by atoms with Gasteiger partial charge in [0.2, 0.25) is 0 Å². The van der Waals surface area contributed by atoms with Gasteiger partial charge in [-0.3, -0.25) is 4.79 Å². The molecule has 1 aliphatic heterocycles. The Labute approximate surface area is 162 Å². The van der Waals surface area contributed by atoms with Crippen LogP contribution in [0.3, 0.4) is 0 Å². The van der Waals surface area contributed by atoms with Crippen LogP contribution in [0.25, 0.3) is 11.1 Å². The summed E-state index contributed by atoms with van der Waals surface area (Å²) in [7, 11) is 2.00. The molecule has 2 aromatic rings. The SMILES string of the molecule is CN1CC[C@H](CCCC#Cc2ccccc2-c2ccccc2)[C@@H](C(=O)O)C1. The number of aliphatic carboxylic acids is 1. The lowest BCUT2D eigenvalue weighted by Gasteiger charge is -2.34. The normalized spacial score (nSPS) is 19.9. The zero-order chi connectivity index (χ0) is 19.1. The van der Waals surface area contributed by atoms with E-state index in [1.165, 1.54) is 5.56 Å². The number of piperidine rings is 1.